The van der Waals surface area contributed by atoms with Gasteiger partial charge in [0, 0.05) is 0 Å². The van der Waals surface area contributed by atoms with Crippen molar-refractivity contribution in [3.05, 3.63) is 35.9 Å². The van der Waals surface area contributed by atoms with E-state index in [1.165, 1.54) is 5.56 Å². The first-order valence-electron chi connectivity index (χ1n) is 7.04. The molecule has 0 radical (unpaired) electrons. The minimum Gasteiger partial charge on any atom is -0.307 e. The molecule has 1 atom stereocenters. The normalized spacial score (nSPS) is 15.0. The van der Waals surface area contributed by atoms with Gasteiger partial charge in [-0.2, -0.15) is 0 Å². The molecule has 0 spiro atoms. The van der Waals surface area contributed by atoms with Crippen molar-refractivity contribution in [3.8, 4) is 0 Å². The number of hydrogen-bond acceptors (Lipinski definition) is 4. The molecule has 0 aliphatic rings. The standard InChI is InChI=1S/C15H25O4P/c1-5-17-19-20(16,18-6-2)13-12-15(3,4)14-10-8-7-9-11-14/h7-11H,5-6,12-13H2,1-4H3. The van der Waals surface area contributed by atoms with Crippen molar-refractivity contribution in [2.75, 3.05) is 19.4 Å². The molecule has 0 aliphatic carbocycles. The van der Waals surface area contributed by atoms with Gasteiger partial charge in [0.25, 0.3) is 0 Å². The summed E-state index contributed by atoms with van der Waals surface area (Å²) in [5.74, 6) is 0. The summed E-state index contributed by atoms with van der Waals surface area (Å²) < 4.78 is 22.7. The van der Waals surface area contributed by atoms with Gasteiger partial charge in [0.05, 0.1) is 19.4 Å². The maximum Gasteiger partial charge on any atom is 0.358 e. The molecule has 1 rings (SSSR count). The van der Waals surface area contributed by atoms with Crippen molar-refractivity contribution in [2.45, 2.75) is 39.5 Å². The van der Waals surface area contributed by atoms with Crippen LogP contribution in [0.25, 0.3) is 0 Å². The molecule has 0 aromatic heterocycles. The predicted molar refractivity (Wildman–Crippen MR) is 80.9 cm³/mol. The van der Waals surface area contributed by atoms with Gasteiger partial charge >= 0.3 is 7.60 Å². The fourth-order valence-corrected chi connectivity index (χ4v) is 3.64. The average molecular weight is 300 g/mol. The summed E-state index contributed by atoms with van der Waals surface area (Å²) in [6, 6.07) is 10.2. The zero-order valence-corrected chi connectivity index (χ0v) is 13.7. The van der Waals surface area contributed by atoms with Crippen LogP contribution in [0.1, 0.15) is 39.7 Å². The van der Waals surface area contributed by atoms with E-state index in [0.29, 0.717) is 25.8 Å². The van der Waals surface area contributed by atoms with Crippen molar-refractivity contribution in [1.82, 2.24) is 0 Å². The quantitative estimate of drug-likeness (QED) is 0.381. The Morgan fingerprint density at radius 1 is 1.10 bits per heavy atom. The van der Waals surface area contributed by atoms with Crippen molar-refractivity contribution in [2.24, 2.45) is 0 Å². The third-order valence-corrected chi connectivity index (χ3v) is 4.93. The molecule has 114 valence electrons. The molecular weight excluding hydrogens is 275 g/mol. The third-order valence-electron chi connectivity index (χ3n) is 3.18. The van der Waals surface area contributed by atoms with E-state index < -0.39 is 7.60 Å². The molecule has 0 saturated heterocycles. The molecule has 1 aromatic carbocycles. The van der Waals surface area contributed by atoms with E-state index in [9.17, 15) is 4.57 Å². The molecule has 0 N–H and O–H groups in total. The average Bonchev–Trinajstić information content (AvgIpc) is 2.45. The molecule has 1 aromatic rings. The van der Waals surface area contributed by atoms with Crippen molar-refractivity contribution >= 4 is 7.60 Å². The molecule has 20 heavy (non-hydrogen) atoms. The molecule has 0 fully saturated rings. The fourth-order valence-electron chi connectivity index (χ4n) is 1.90. The lowest BCUT2D eigenvalue weighted by atomic mass is 9.82. The van der Waals surface area contributed by atoms with Crippen LogP contribution in [-0.4, -0.2) is 19.4 Å². The topological polar surface area (TPSA) is 44.8 Å². The summed E-state index contributed by atoms with van der Waals surface area (Å²) in [5.41, 5.74) is 1.11. The first-order valence-corrected chi connectivity index (χ1v) is 8.76. The zero-order valence-electron chi connectivity index (χ0n) is 12.8. The van der Waals surface area contributed by atoms with Crippen LogP contribution in [0.4, 0.5) is 0 Å². The van der Waals surface area contributed by atoms with Gasteiger partial charge in [-0.25, -0.2) is 4.89 Å². The summed E-state index contributed by atoms with van der Waals surface area (Å²) >= 11 is 0. The van der Waals surface area contributed by atoms with Gasteiger partial charge in [0.2, 0.25) is 0 Å². The minimum atomic E-state index is -3.17. The summed E-state index contributed by atoms with van der Waals surface area (Å²) in [4.78, 5) is 4.83. The summed E-state index contributed by atoms with van der Waals surface area (Å²) in [7, 11) is -3.17. The summed E-state index contributed by atoms with van der Waals surface area (Å²) in [6.45, 7) is 8.52. The minimum absolute atomic E-state index is 0.0937. The molecule has 0 saturated carbocycles. The number of hydrogen-bond donors (Lipinski definition) is 0. The van der Waals surface area contributed by atoms with E-state index in [2.05, 4.69) is 26.0 Å². The molecule has 0 heterocycles. The first-order chi connectivity index (χ1) is 9.43. The highest BCUT2D eigenvalue weighted by molar-refractivity contribution is 7.53. The lowest BCUT2D eigenvalue weighted by Gasteiger charge is -2.27. The van der Waals surface area contributed by atoms with Gasteiger partial charge in [0.1, 0.15) is 0 Å². The predicted octanol–water partition coefficient (Wildman–Crippen LogP) is 4.55. The van der Waals surface area contributed by atoms with E-state index in [4.69, 9.17) is 14.1 Å². The Balaban J connectivity index is 2.69. The van der Waals surface area contributed by atoms with Gasteiger partial charge < -0.3 is 4.52 Å². The smallest absolute Gasteiger partial charge is 0.307 e. The van der Waals surface area contributed by atoms with Crippen LogP contribution in [0.15, 0.2) is 30.3 Å². The number of benzene rings is 1. The maximum atomic E-state index is 12.5. The highest BCUT2D eigenvalue weighted by Gasteiger charge is 2.30. The highest BCUT2D eigenvalue weighted by atomic mass is 31.2. The Morgan fingerprint density at radius 3 is 2.30 bits per heavy atom. The van der Waals surface area contributed by atoms with Crippen LogP contribution >= 0.6 is 7.60 Å². The molecule has 0 aliphatic heterocycles. The van der Waals surface area contributed by atoms with Crippen LogP contribution in [-0.2, 0) is 24.1 Å². The second kappa shape index (κ2) is 7.94. The second-order valence-electron chi connectivity index (χ2n) is 5.23. The van der Waals surface area contributed by atoms with E-state index >= 15 is 0 Å². The molecule has 0 bridgehead atoms. The van der Waals surface area contributed by atoms with Crippen molar-refractivity contribution in [3.63, 3.8) is 0 Å². The van der Waals surface area contributed by atoms with Crippen LogP contribution in [0.2, 0.25) is 0 Å². The highest BCUT2D eigenvalue weighted by Crippen LogP contribution is 2.50. The SMILES string of the molecule is CCOOP(=O)(CCC(C)(C)c1ccccc1)OCC. The third kappa shape index (κ3) is 5.37. The molecular formula is C15H25O4P. The van der Waals surface area contributed by atoms with Crippen LogP contribution in [0.3, 0.4) is 0 Å². The van der Waals surface area contributed by atoms with E-state index in [0.717, 1.165) is 0 Å². The second-order valence-corrected chi connectivity index (χ2v) is 7.31. The van der Waals surface area contributed by atoms with Crippen LogP contribution in [0, 0.1) is 0 Å². The maximum absolute atomic E-state index is 12.5. The largest absolute Gasteiger partial charge is 0.358 e. The Kier molecular flexibility index (Phi) is 6.90. The monoisotopic (exact) mass is 300 g/mol. The molecule has 5 heteroatoms. The summed E-state index contributed by atoms with van der Waals surface area (Å²) in [6.07, 6.45) is 1.03. The van der Waals surface area contributed by atoms with Gasteiger partial charge in [0.15, 0.2) is 0 Å². The van der Waals surface area contributed by atoms with E-state index in [-0.39, 0.29) is 5.41 Å². The van der Waals surface area contributed by atoms with E-state index in [1.54, 1.807) is 13.8 Å². The fraction of sp³-hybridized carbons (Fsp3) is 0.600. The zero-order chi connectivity index (χ0) is 15.1. The Bertz CT molecular complexity index is 431. The number of rotatable bonds is 9. The first kappa shape index (κ1) is 17.4. The summed E-state index contributed by atoms with van der Waals surface area (Å²) in [5, 5.41) is 0. The Labute approximate surface area is 121 Å². The van der Waals surface area contributed by atoms with Crippen molar-refractivity contribution < 1.29 is 18.7 Å². The lowest BCUT2D eigenvalue weighted by molar-refractivity contribution is -0.210. The van der Waals surface area contributed by atoms with Crippen LogP contribution < -0.4 is 0 Å². The van der Waals surface area contributed by atoms with Crippen molar-refractivity contribution in [1.29, 1.82) is 0 Å². The van der Waals surface area contributed by atoms with Gasteiger partial charge in [-0.3, -0.25) is 4.57 Å². The molecule has 1 unspecified atom stereocenters. The molecule has 4 nitrogen and oxygen atoms in total. The Hall–Kier alpha value is -0.670. The van der Waals surface area contributed by atoms with Gasteiger partial charge in [-0.05, 0) is 31.2 Å². The van der Waals surface area contributed by atoms with E-state index in [1.807, 2.05) is 18.2 Å². The lowest BCUT2D eigenvalue weighted by Crippen LogP contribution is -2.19. The molecule has 0 amide bonds. The van der Waals surface area contributed by atoms with Gasteiger partial charge in [-0.15, -0.1) is 4.67 Å². The Morgan fingerprint density at radius 2 is 1.75 bits per heavy atom. The van der Waals surface area contributed by atoms with Crippen LogP contribution in [0.5, 0.6) is 0 Å². The van der Waals surface area contributed by atoms with Gasteiger partial charge in [-0.1, -0.05) is 44.2 Å².